The van der Waals surface area contributed by atoms with E-state index in [9.17, 15) is 31.9 Å². The third kappa shape index (κ3) is 5.50. The van der Waals surface area contributed by atoms with Gasteiger partial charge in [-0.1, -0.05) is 35.7 Å². The molecule has 39 heavy (non-hydrogen) atoms. The van der Waals surface area contributed by atoms with E-state index in [0.717, 1.165) is 11.0 Å². The number of amides is 1. The average molecular weight is 591 g/mol. The van der Waals surface area contributed by atoms with Gasteiger partial charge in [0.1, 0.15) is 16.5 Å². The normalized spacial score (nSPS) is 19.7. The highest BCUT2D eigenvalue weighted by atomic mass is 35.5. The monoisotopic (exact) mass is 590 g/mol. The van der Waals surface area contributed by atoms with E-state index in [0.29, 0.717) is 24.1 Å². The van der Waals surface area contributed by atoms with Gasteiger partial charge in [-0.25, -0.2) is 9.18 Å². The second-order valence-electron chi connectivity index (χ2n) is 9.31. The zero-order valence-corrected chi connectivity index (χ0v) is 22.3. The molecule has 2 atom stereocenters. The molecule has 210 valence electrons. The number of hydrogen-bond donors (Lipinski definition) is 2. The zero-order chi connectivity index (χ0) is 28.7. The molecule has 1 aliphatic carbocycles. The quantitative estimate of drug-likeness (QED) is 0.246. The molecule has 0 bridgehead atoms. The lowest BCUT2D eigenvalue weighted by Crippen LogP contribution is -2.64. The first kappa shape index (κ1) is 28.9. The van der Waals surface area contributed by atoms with Crippen molar-refractivity contribution in [1.29, 1.82) is 0 Å². The van der Waals surface area contributed by atoms with Crippen molar-refractivity contribution in [3.63, 3.8) is 0 Å². The number of H-pyrrole nitrogens is 1. The standard InChI is InChI=1S/C25H24Cl2F4N4O4/c1-32-24(39-23(38)25(29,30)31)8-4-3-5-19(24)34(2)22(37)15-10-13(6-7-17(15)28)9-14-12-33-21(36)18-11-16(26)20(27)35(14)18/h6-7,10-12,19,32H,3-5,8-9H2,1-2H3,(H,33,36)/t19-,24-/m1/s1. The second kappa shape index (κ2) is 10.8. The summed E-state index contributed by atoms with van der Waals surface area (Å²) in [7, 11) is 2.66. The lowest BCUT2D eigenvalue weighted by atomic mass is 9.85. The van der Waals surface area contributed by atoms with Crippen LogP contribution in [0, 0.1) is 5.82 Å². The molecule has 4 rings (SSSR count). The fourth-order valence-corrected chi connectivity index (χ4v) is 5.47. The Bertz CT molecular complexity index is 1490. The first-order chi connectivity index (χ1) is 18.3. The van der Waals surface area contributed by atoms with Crippen LogP contribution >= 0.6 is 23.2 Å². The van der Waals surface area contributed by atoms with Gasteiger partial charge in [-0.2, -0.15) is 13.2 Å². The van der Waals surface area contributed by atoms with Crippen molar-refractivity contribution in [3.05, 3.63) is 73.6 Å². The van der Waals surface area contributed by atoms with Gasteiger partial charge < -0.3 is 14.6 Å². The van der Waals surface area contributed by atoms with Gasteiger partial charge in [0.2, 0.25) is 0 Å². The van der Waals surface area contributed by atoms with Crippen LogP contribution in [-0.4, -0.2) is 58.2 Å². The van der Waals surface area contributed by atoms with E-state index in [-0.39, 0.29) is 40.5 Å². The molecule has 14 heteroatoms. The molecule has 1 aromatic carbocycles. The van der Waals surface area contributed by atoms with Gasteiger partial charge in [0, 0.05) is 31.8 Å². The van der Waals surface area contributed by atoms with Crippen LogP contribution < -0.4 is 10.9 Å². The largest absolute Gasteiger partial charge is 0.490 e. The number of likely N-dealkylation sites (N-methyl/N-ethyl adjacent to an activating group) is 2. The molecule has 0 saturated heterocycles. The van der Waals surface area contributed by atoms with E-state index in [2.05, 4.69) is 10.3 Å². The number of carbonyl (C=O) groups is 2. The third-order valence-electron chi connectivity index (χ3n) is 6.97. The number of fused-ring (bicyclic) bond motifs is 1. The topological polar surface area (TPSA) is 95.9 Å². The van der Waals surface area contributed by atoms with E-state index < -0.39 is 41.2 Å². The highest BCUT2D eigenvalue weighted by Crippen LogP contribution is 2.35. The molecule has 1 saturated carbocycles. The first-order valence-electron chi connectivity index (χ1n) is 11.9. The molecule has 2 heterocycles. The SMILES string of the molecule is CN[C@@]1(OC(=O)C(F)(F)F)CCCC[C@H]1N(C)C(=O)c1cc(Cc2c[nH]c(=O)c3cc(Cl)c(Cl)n23)ccc1F. The number of rotatable bonds is 6. The average Bonchev–Trinajstić information content (AvgIpc) is 3.20. The van der Waals surface area contributed by atoms with Crippen LogP contribution in [0.1, 0.15) is 47.3 Å². The highest BCUT2D eigenvalue weighted by Gasteiger charge is 2.52. The van der Waals surface area contributed by atoms with E-state index in [1.54, 1.807) is 0 Å². The van der Waals surface area contributed by atoms with Crippen molar-refractivity contribution < 1.29 is 31.9 Å². The summed E-state index contributed by atoms with van der Waals surface area (Å²) < 4.78 is 60.3. The van der Waals surface area contributed by atoms with Gasteiger partial charge in [-0.15, -0.1) is 0 Å². The maximum atomic E-state index is 14.9. The van der Waals surface area contributed by atoms with Gasteiger partial charge in [0.05, 0.1) is 16.6 Å². The molecule has 2 N–H and O–H groups in total. The van der Waals surface area contributed by atoms with Crippen LogP contribution in [0.3, 0.4) is 0 Å². The molecule has 8 nitrogen and oxygen atoms in total. The summed E-state index contributed by atoms with van der Waals surface area (Å²) in [5.74, 6) is -4.03. The van der Waals surface area contributed by atoms with E-state index >= 15 is 0 Å². The van der Waals surface area contributed by atoms with Crippen LogP contribution in [0.4, 0.5) is 17.6 Å². The van der Waals surface area contributed by atoms with Crippen molar-refractivity contribution in [2.24, 2.45) is 0 Å². The molecule has 1 amide bonds. The Kier molecular flexibility index (Phi) is 8.02. The fraction of sp³-hybridized carbons (Fsp3) is 0.400. The van der Waals surface area contributed by atoms with E-state index in [1.165, 1.54) is 42.9 Å². The number of nitrogens with zero attached hydrogens (tertiary/aromatic N) is 2. The van der Waals surface area contributed by atoms with Crippen LogP contribution in [0.2, 0.25) is 10.2 Å². The number of benzene rings is 1. The third-order valence-corrected chi connectivity index (χ3v) is 7.72. The minimum Gasteiger partial charge on any atom is -0.435 e. The van der Waals surface area contributed by atoms with Crippen molar-refractivity contribution >= 4 is 40.6 Å². The number of ether oxygens (including phenoxy) is 1. The fourth-order valence-electron chi connectivity index (χ4n) is 5.03. The Morgan fingerprint density at radius 3 is 2.64 bits per heavy atom. The second-order valence-corrected chi connectivity index (χ2v) is 10.1. The Morgan fingerprint density at radius 1 is 1.26 bits per heavy atom. The minimum atomic E-state index is -5.23. The van der Waals surface area contributed by atoms with Gasteiger partial charge in [0.25, 0.3) is 11.5 Å². The molecule has 2 aromatic heterocycles. The Labute approximate surface area is 229 Å². The van der Waals surface area contributed by atoms with Crippen molar-refractivity contribution in [2.45, 2.75) is 50.0 Å². The number of hydrogen-bond acceptors (Lipinski definition) is 5. The Morgan fingerprint density at radius 2 is 1.97 bits per heavy atom. The summed E-state index contributed by atoms with van der Waals surface area (Å²) >= 11 is 12.4. The molecule has 0 radical (unpaired) electrons. The molecule has 1 fully saturated rings. The summed E-state index contributed by atoms with van der Waals surface area (Å²) in [5, 5.41) is 2.94. The molecular formula is C25H24Cl2F4N4O4. The number of aromatic nitrogens is 2. The summed E-state index contributed by atoms with van der Waals surface area (Å²) in [4.78, 5) is 41.1. The maximum absolute atomic E-state index is 14.9. The van der Waals surface area contributed by atoms with E-state index in [1.807, 2.05) is 0 Å². The number of aromatic amines is 1. The van der Waals surface area contributed by atoms with Gasteiger partial charge in [0.15, 0.2) is 5.72 Å². The summed E-state index contributed by atoms with van der Waals surface area (Å²) in [5.41, 5.74) is -1.37. The molecule has 0 aliphatic heterocycles. The molecule has 0 unspecified atom stereocenters. The van der Waals surface area contributed by atoms with Crippen LogP contribution in [0.5, 0.6) is 0 Å². The summed E-state index contributed by atoms with van der Waals surface area (Å²) in [6, 6.07) is 4.27. The van der Waals surface area contributed by atoms with Crippen LogP contribution in [0.25, 0.3) is 5.52 Å². The van der Waals surface area contributed by atoms with Crippen LogP contribution in [-0.2, 0) is 16.0 Å². The van der Waals surface area contributed by atoms with Crippen LogP contribution in [0.15, 0.2) is 35.3 Å². The highest BCUT2D eigenvalue weighted by molar-refractivity contribution is 6.42. The number of alkyl halides is 3. The predicted octanol–water partition coefficient (Wildman–Crippen LogP) is 4.70. The first-order valence-corrected chi connectivity index (χ1v) is 12.7. The van der Waals surface area contributed by atoms with Gasteiger partial charge in [-0.3, -0.25) is 19.3 Å². The number of halogens is 6. The number of esters is 1. The van der Waals surface area contributed by atoms with Gasteiger partial charge >= 0.3 is 12.1 Å². The van der Waals surface area contributed by atoms with Crippen molar-refractivity contribution in [1.82, 2.24) is 19.6 Å². The predicted molar refractivity (Wildman–Crippen MR) is 136 cm³/mol. The lowest BCUT2D eigenvalue weighted by molar-refractivity contribution is -0.225. The van der Waals surface area contributed by atoms with Crippen molar-refractivity contribution in [2.75, 3.05) is 14.1 Å². The van der Waals surface area contributed by atoms with Gasteiger partial charge in [-0.05, 0) is 43.7 Å². The molecule has 3 aromatic rings. The summed E-state index contributed by atoms with van der Waals surface area (Å²) in [6.45, 7) is 0. The summed E-state index contributed by atoms with van der Waals surface area (Å²) in [6.07, 6.45) is -2.43. The molecule has 1 aliphatic rings. The zero-order valence-electron chi connectivity index (χ0n) is 20.8. The smallest absolute Gasteiger partial charge is 0.435 e. The van der Waals surface area contributed by atoms with E-state index in [4.69, 9.17) is 27.9 Å². The molecular weight excluding hydrogens is 567 g/mol. The number of carbonyl (C=O) groups excluding carboxylic acids is 2. The number of nitrogens with one attached hydrogen (secondary N) is 2. The lowest BCUT2D eigenvalue weighted by Gasteiger charge is -2.46. The maximum Gasteiger partial charge on any atom is 0.490 e. The Hall–Kier alpha value is -3.09. The molecule has 0 spiro atoms. The minimum absolute atomic E-state index is 0.0263. The Balaban J connectivity index is 1.66. The van der Waals surface area contributed by atoms with Crippen molar-refractivity contribution in [3.8, 4) is 0 Å².